The molecule has 1 saturated carbocycles. The van der Waals surface area contributed by atoms with Gasteiger partial charge in [-0.25, -0.2) is 18.4 Å². The number of ether oxygens (including phenoxy) is 1. The average molecular weight is 872 g/mol. The highest BCUT2D eigenvalue weighted by atomic mass is 35.5. The van der Waals surface area contributed by atoms with Crippen LogP contribution in [0.5, 0.6) is 5.88 Å². The number of aliphatic hydroxyl groups is 1. The van der Waals surface area contributed by atoms with Crippen LogP contribution in [0, 0.1) is 5.92 Å². The number of benzene rings is 3. The van der Waals surface area contributed by atoms with Gasteiger partial charge in [0.25, 0.3) is 0 Å². The summed E-state index contributed by atoms with van der Waals surface area (Å²) in [6.45, 7) is 2.38. The highest BCUT2D eigenvalue weighted by Gasteiger charge is 2.45. The van der Waals surface area contributed by atoms with E-state index >= 15 is 0 Å². The van der Waals surface area contributed by atoms with Crippen LogP contribution in [0.25, 0.3) is 44.9 Å². The van der Waals surface area contributed by atoms with Crippen molar-refractivity contribution >= 4 is 50.2 Å². The van der Waals surface area contributed by atoms with E-state index in [4.69, 9.17) is 37.3 Å². The van der Waals surface area contributed by atoms with Gasteiger partial charge in [-0.05, 0) is 68.3 Å². The molecule has 3 aromatic carbocycles. The van der Waals surface area contributed by atoms with Crippen LogP contribution in [0.15, 0.2) is 53.1 Å². The second-order valence-corrected chi connectivity index (χ2v) is 18.4. The first-order valence-electron chi connectivity index (χ1n) is 19.4. The normalized spacial score (nSPS) is 21.4. The summed E-state index contributed by atoms with van der Waals surface area (Å²) >= 11 is 14.1. The second kappa shape index (κ2) is 15.3. The lowest BCUT2D eigenvalue weighted by atomic mass is 9.99. The molecule has 3 atom stereocenters. The van der Waals surface area contributed by atoms with Crippen LogP contribution in [0.3, 0.4) is 0 Å². The molecule has 0 spiro atoms. The molecule has 1 amide bonds. The van der Waals surface area contributed by atoms with Crippen LogP contribution in [0.1, 0.15) is 60.5 Å². The average Bonchev–Trinajstić information content (AvgIpc) is 3.45. The van der Waals surface area contributed by atoms with Crippen LogP contribution < -0.4 is 9.46 Å². The van der Waals surface area contributed by atoms with Crippen molar-refractivity contribution < 1.29 is 40.6 Å². The maximum Gasteiger partial charge on any atom is 0.420 e. The van der Waals surface area contributed by atoms with Crippen molar-refractivity contribution in [1.82, 2.24) is 29.5 Å². The fourth-order valence-electron chi connectivity index (χ4n) is 8.70. The van der Waals surface area contributed by atoms with E-state index in [1.54, 1.807) is 48.7 Å². The summed E-state index contributed by atoms with van der Waals surface area (Å²) in [6, 6.07) is 11.6. The van der Waals surface area contributed by atoms with E-state index in [1.165, 1.54) is 7.11 Å². The van der Waals surface area contributed by atoms with Crippen LogP contribution in [-0.2, 0) is 34.0 Å². The number of oxazole rings is 1. The Morgan fingerprint density at radius 3 is 2.37 bits per heavy atom. The molecule has 0 bridgehead atoms. The third-order valence-corrected chi connectivity index (χ3v) is 14.4. The molecule has 2 aromatic heterocycles. The van der Waals surface area contributed by atoms with Crippen molar-refractivity contribution in [3.05, 3.63) is 81.1 Å². The first-order valence-corrected chi connectivity index (χ1v) is 21.7. The number of likely N-dealkylation sites (tertiary alicyclic amines) is 2. The van der Waals surface area contributed by atoms with Gasteiger partial charge in [0, 0.05) is 48.9 Å². The monoisotopic (exact) mass is 870 g/mol. The number of sulfonamides is 1. The van der Waals surface area contributed by atoms with Crippen molar-refractivity contribution in [2.24, 2.45) is 5.92 Å². The molecule has 0 unspecified atom stereocenters. The molecule has 2 aliphatic carbocycles. The summed E-state index contributed by atoms with van der Waals surface area (Å²) in [5.74, 6) is -0.948. The Balaban J connectivity index is 1.02. The fraction of sp³-hybridized carbons (Fsp3) is 0.415. The number of β-amino-alcohol motifs (C(OH)–C–C–N with tert-alkyl or cyclic N) is 1. The standard InChI is InChI=1S/C41H39Cl2F3N6O6S/c1-57-40-32(20-51-14-13-22(53)19-51)47-17-31(49-40)27-6-2-4-25(35(27)42)26-5-3-7-28(36(26)43)39-48-30-16-29-24(34(37(30)58-39)41(44,45)46)10-11-33(29)52-15-12-21(18-52)38(54)50-59(55,56)23-8-9-23/h2-7,16-17,21-23,33,53H,8-15,18-20H2,1H3,(H,50,54)/t21-,22-,33-/m1/s1. The fourth-order valence-corrected chi connectivity index (χ4v) is 10.7. The van der Waals surface area contributed by atoms with Crippen LogP contribution in [0.2, 0.25) is 10.0 Å². The van der Waals surface area contributed by atoms with E-state index in [-0.39, 0.29) is 46.6 Å². The number of carbonyl (C=O) groups excluding carboxylic acids is 1. The molecular weight excluding hydrogens is 832 g/mol. The maximum atomic E-state index is 15.0. The molecule has 3 fully saturated rings. The predicted molar refractivity (Wildman–Crippen MR) is 214 cm³/mol. The molecule has 18 heteroatoms. The molecule has 4 aliphatic rings. The molecule has 12 nitrogen and oxygen atoms in total. The SMILES string of the molecule is COc1nc(-c2cccc(-c3cccc(-c4nc5cc6c(c(C(F)(F)F)c5o4)CC[C@H]6N4CC[C@@H](C(=O)NS(=O)(=O)C5CC5)C4)c3Cl)c2Cl)cnc1CN1CC[C@@H](O)C1. The smallest absolute Gasteiger partial charge is 0.420 e. The van der Waals surface area contributed by atoms with Crippen molar-refractivity contribution in [3.8, 4) is 39.7 Å². The summed E-state index contributed by atoms with van der Waals surface area (Å²) in [4.78, 5) is 30.8. The maximum absolute atomic E-state index is 15.0. The molecule has 310 valence electrons. The number of hydrogen-bond donors (Lipinski definition) is 2. The summed E-state index contributed by atoms with van der Waals surface area (Å²) in [5.41, 5.74) is 2.21. The van der Waals surface area contributed by atoms with E-state index in [2.05, 4.69) is 19.6 Å². The lowest BCUT2D eigenvalue weighted by molar-refractivity contribution is -0.137. The third-order valence-electron chi connectivity index (χ3n) is 11.8. The van der Waals surface area contributed by atoms with Crippen molar-refractivity contribution in [1.29, 1.82) is 0 Å². The molecule has 0 radical (unpaired) electrons. The number of carbonyl (C=O) groups is 1. The van der Waals surface area contributed by atoms with Crippen molar-refractivity contribution in [2.75, 3.05) is 33.3 Å². The topological polar surface area (TPSA) is 151 Å². The molecule has 5 aromatic rings. The van der Waals surface area contributed by atoms with E-state index < -0.39 is 50.5 Å². The molecule has 9 rings (SSSR count). The number of hydrogen-bond acceptors (Lipinski definition) is 11. The minimum Gasteiger partial charge on any atom is -0.480 e. The Morgan fingerprint density at radius 2 is 1.69 bits per heavy atom. The van der Waals surface area contributed by atoms with Gasteiger partial charge >= 0.3 is 6.18 Å². The zero-order chi connectivity index (χ0) is 41.4. The molecule has 2 N–H and O–H groups in total. The minimum absolute atomic E-state index is 0.0142. The highest BCUT2D eigenvalue weighted by Crippen LogP contribution is 2.49. The van der Waals surface area contributed by atoms with Crippen molar-refractivity contribution in [3.63, 3.8) is 0 Å². The molecule has 4 heterocycles. The lowest BCUT2D eigenvalue weighted by Gasteiger charge is -2.25. The zero-order valence-corrected chi connectivity index (χ0v) is 34.1. The first-order chi connectivity index (χ1) is 28.2. The number of rotatable bonds is 10. The first kappa shape index (κ1) is 40.1. The molecular formula is C41H39Cl2F3N6O6S. The summed E-state index contributed by atoms with van der Waals surface area (Å²) in [7, 11) is -2.21. The summed E-state index contributed by atoms with van der Waals surface area (Å²) < 4.78 is 83.5. The number of nitrogens with zero attached hydrogens (tertiary/aromatic N) is 5. The van der Waals surface area contributed by atoms with Gasteiger partial charge in [-0.3, -0.25) is 24.3 Å². The molecule has 2 aliphatic heterocycles. The number of amides is 1. The number of aliphatic hydroxyl groups excluding tert-OH is 1. The van der Waals surface area contributed by atoms with E-state index in [0.29, 0.717) is 96.3 Å². The Hall–Kier alpha value is -4.32. The Labute approximate surface area is 347 Å². The largest absolute Gasteiger partial charge is 0.480 e. The van der Waals surface area contributed by atoms with Gasteiger partial charge in [0.2, 0.25) is 27.7 Å². The Bertz CT molecular complexity index is 2600. The van der Waals surface area contributed by atoms with Gasteiger partial charge in [-0.1, -0.05) is 53.5 Å². The number of halogens is 5. The number of aromatic nitrogens is 3. The molecule has 2 saturated heterocycles. The van der Waals surface area contributed by atoms with E-state index in [0.717, 1.165) is 6.54 Å². The number of fused-ring (bicyclic) bond motifs is 2. The zero-order valence-electron chi connectivity index (χ0n) is 31.7. The lowest BCUT2D eigenvalue weighted by Crippen LogP contribution is -2.38. The third kappa shape index (κ3) is 7.56. The predicted octanol–water partition coefficient (Wildman–Crippen LogP) is 7.44. The molecule has 59 heavy (non-hydrogen) atoms. The highest BCUT2D eigenvalue weighted by molar-refractivity contribution is 7.90. The van der Waals surface area contributed by atoms with Gasteiger partial charge in [-0.2, -0.15) is 13.2 Å². The van der Waals surface area contributed by atoms with Crippen LogP contribution >= 0.6 is 23.2 Å². The van der Waals surface area contributed by atoms with E-state index in [1.807, 2.05) is 4.90 Å². The quantitative estimate of drug-likeness (QED) is 0.144. The van der Waals surface area contributed by atoms with Crippen LogP contribution in [-0.4, -0.2) is 88.8 Å². The minimum atomic E-state index is -4.76. The number of methoxy groups -OCH3 is 1. The second-order valence-electron chi connectivity index (χ2n) is 15.7. The number of nitrogens with one attached hydrogen (secondary N) is 1. The van der Waals surface area contributed by atoms with Gasteiger partial charge in [-0.15, -0.1) is 0 Å². The van der Waals surface area contributed by atoms with Gasteiger partial charge in [0.15, 0.2) is 5.58 Å². The van der Waals surface area contributed by atoms with Gasteiger partial charge in [0.05, 0.1) is 51.9 Å². The summed E-state index contributed by atoms with van der Waals surface area (Å²) in [6.07, 6.45) is -0.889. The van der Waals surface area contributed by atoms with E-state index in [9.17, 15) is 31.5 Å². The van der Waals surface area contributed by atoms with Gasteiger partial charge in [0.1, 0.15) is 16.8 Å². The van der Waals surface area contributed by atoms with Crippen LogP contribution in [0.4, 0.5) is 13.2 Å². The van der Waals surface area contributed by atoms with Crippen molar-refractivity contribution in [2.45, 2.75) is 68.6 Å². The Kier molecular flexibility index (Phi) is 10.4. The summed E-state index contributed by atoms with van der Waals surface area (Å²) in [5, 5.41) is 9.87. The number of alkyl halides is 3. The Morgan fingerprint density at radius 1 is 0.983 bits per heavy atom. The van der Waals surface area contributed by atoms with Gasteiger partial charge < -0.3 is 14.3 Å².